The van der Waals surface area contributed by atoms with Crippen LogP contribution in [0.15, 0.2) is 0 Å². The maximum atomic E-state index is 12.2. The van der Waals surface area contributed by atoms with E-state index in [1.807, 2.05) is 0 Å². The normalized spacial score (nSPS) is 24.3. The molecule has 2 heteroatoms. The molecule has 0 radical (unpaired) electrons. The third-order valence-corrected chi connectivity index (χ3v) is 3.94. The fourth-order valence-corrected chi connectivity index (χ4v) is 2.76. The average Bonchev–Trinajstić information content (AvgIpc) is 2.43. The second-order valence-corrected chi connectivity index (χ2v) is 6.93. The molecule has 1 saturated carbocycles. The van der Waals surface area contributed by atoms with E-state index >= 15 is 0 Å². The first kappa shape index (κ1) is 14.7. The van der Waals surface area contributed by atoms with Gasteiger partial charge in [0.15, 0.2) is 0 Å². The van der Waals surface area contributed by atoms with Crippen molar-refractivity contribution >= 4 is 5.78 Å². The van der Waals surface area contributed by atoms with E-state index in [1.54, 1.807) is 0 Å². The number of carbonyl (C=O) groups is 1. The Labute approximate surface area is 107 Å². The van der Waals surface area contributed by atoms with Crippen LogP contribution in [0, 0.1) is 17.3 Å². The summed E-state index contributed by atoms with van der Waals surface area (Å²) in [5, 5.41) is 0. The Hall–Kier alpha value is -0.370. The second-order valence-electron chi connectivity index (χ2n) is 6.93. The highest BCUT2D eigenvalue weighted by molar-refractivity contribution is 5.88. The quantitative estimate of drug-likeness (QED) is 0.733. The van der Waals surface area contributed by atoms with Gasteiger partial charge in [0.1, 0.15) is 5.78 Å². The van der Waals surface area contributed by atoms with Crippen molar-refractivity contribution in [2.45, 2.75) is 60.4 Å². The zero-order valence-electron chi connectivity index (χ0n) is 12.4. The van der Waals surface area contributed by atoms with Crippen LogP contribution >= 0.6 is 0 Å². The molecule has 0 aliphatic heterocycles. The largest absolute Gasteiger partial charge is 0.300 e. The van der Waals surface area contributed by atoms with Gasteiger partial charge in [0.2, 0.25) is 0 Å². The van der Waals surface area contributed by atoms with Gasteiger partial charge < -0.3 is 0 Å². The molecule has 1 fully saturated rings. The summed E-state index contributed by atoms with van der Waals surface area (Å²) in [7, 11) is 0. The van der Waals surface area contributed by atoms with Crippen LogP contribution in [0.1, 0.15) is 54.4 Å². The maximum Gasteiger partial charge on any atom is 0.142 e. The predicted molar refractivity (Wildman–Crippen MR) is 73.1 cm³/mol. The van der Waals surface area contributed by atoms with Crippen molar-refractivity contribution in [3.63, 3.8) is 0 Å². The van der Waals surface area contributed by atoms with Crippen LogP contribution in [0.4, 0.5) is 0 Å². The Morgan fingerprint density at radius 2 is 1.88 bits per heavy atom. The smallest absolute Gasteiger partial charge is 0.142 e. The van der Waals surface area contributed by atoms with E-state index in [0.29, 0.717) is 17.7 Å². The van der Waals surface area contributed by atoms with Crippen molar-refractivity contribution in [2.75, 3.05) is 13.1 Å². The van der Waals surface area contributed by atoms with Gasteiger partial charge in [-0.25, -0.2) is 0 Å². The Morgan fingerprint density at radius 1 is 1.29 bits per heavy atom. The minimum atomic E-state index is -0.0782. The lowest BCUT2D eigenvalue weighted by Gasteiger charge is -2.30. The van der Waals surface area contributed by atoms with Crippen LogP contribution < -0.4 is 0 Å². The number of Topliss-reactive ketones (excluding diaryl/α,β-unsaturated/α-hetero) is 1. The van der Waals surface area contributed by atoms with E-state index in [1.165, 1.54) is 0 Å². The first-order valence-electron chi connectivity index (χ1n) is 7.02. The van der Waals surface area contributed by atoms with Gasteiger partial charge in [0.25, 0.3) is 0 Å². The lowest BCUT2D eigenvalue weighted by molar-refractivity contribution is -0.128. The Bertz CT molecular complexity index is 268. The standard InChI is InChI=1S/C15H29NO/c1-11(2)9-16(12(3)4)10-13-7-8-15(5,6)14(13)17/h11-13H,7-10H2,1-6H3. The van der Waals surface area contributed by atoms with E-state index in [2.05, 4.69) is 46.4 Å². The SMILES string of the molecule is CC(C)CN(CC1CCC(C)(C)C1=O)C(C)C. The molecule has 1 atom stereocenters. The molecule has 2 nitrogen and oxygen atoms in total. The number of nitrogens with zero attached hydrogens (tertiary/aromatic N) is 1. The molecule has 0 aromatic heterocycles. The summed E-state index contributed by atoms with van der Waals surface area (Å²) in [6.07, 6.45) is 2.14. The number of hydrogen-bond donors (Lipinski definition) is 0. The van der Waals surface area contributed by atoms with E-state index in [-0.39, 0.29) is 11.3 Å². The van der Waals surface area contributed by atoms with Crippen LogP contribution in [-0.2, 0) is 4.79 Å². The van der Waals surface area contributed by atoms with Crippen LogP contribution in [0.25, 0.3) is 0 Å². The monoisotopic (exact) mass is 239 g/mol. The zero-order chi connectivity index (χ0) is 13.2. The highest BCUT2D eigenvalue weighted by Gasteiger charge is 2.40. The summed E-state index contributed by atoms with van der Waals surface area (Å²) in [6, 6.07) is 0.536. The third-order valence-electron chi connectivity index (χ3n) is 3.94. The van der Waals surface area contributed by atoms with Crippen molar-refractivity contribution in [1.29, 1.82) is 0 Å². The molecule has 0 saturated heterocycles. The lowest BCUT2D eigenvalue weighted by Crippen LogP contribution is -2.40. The Morgan fingerprint density at radius 3 is 2.24 bits per heavy atom. The van der Waals surface area contributed by atoms with Crippen LogP contribution in [0.3, 0.4) is 0 Å². The summed E-state index contributed by atoms with van der Waals surface area (Å²) in [5.74, 6) is 1.42. The number of hydrogen-bond acceptors (Lipinski definition) is 2. The number of rotatable bonds is 5. The number of carbonyl (C=O) groups excluding carboxylic acids is 1. The first-order chi connectivity index (χ1) is 7.74. The van der Waals surface area contributed by atoms with Gasteiger partial charge in [0, 0.05) is 30.5 Å². The minimum Gasteiger partial charge on any atom is -0.300 e. The molecular weight excluding hydrogens is 210 g/mol. The summed E-state index contributed by atoms with van der Waals surface area (Å²) in [5.41, 5.74) is -0.0782. The first-order valence-corrected chi connectivity index (χ1v) is 7.02. The molecule has 0 heterocycles. The molecule has 0 N–H and O–H groups in total. The zero-order valence-corrected chi connectivity index (χ0v) is 12.4. The minimum absolute atomic E-state index is 0.0782. The molecule has 1 unspecified atom stereocenters. The molecule has 0 aromatic carbocycles. The Balaban J connectivity index is 2.60. The predicted octanol–water partition coefficient (Wildman–Crippen LogP) is 3.36. The van der Waals surface area contributed by atoms with Crippen LogP contribution in [0.5, 0.6) is 0 Å². The molecule has 17 heavy (non-hydrogen) atoms. The van der Waals surface area contributed by atoms with Crippen LogP contribution in [-0.4, -0.2) is 29.8 Å². The van der Waals surface area contributed by atoms with Gasteiger partial charge in [-0.15, -0.1) is 0 Å². The fraction of sp³-hybridized carbons (Fsp3) is 0.933. The van der Waals surface area contributed by atoms with Crippen molar-refractivity contribution in [1.82, 2.24) is 4.90 Å². The van der Waals surface area contributed by atoms with Crippen molar-refractivity contribution in [2.24, 2.45) is 17.3 Å². The maximum absolute atomic E-state index is 12.2. The highest BCUT2D eigenvalue weighted by Crippen LogP contribution is 2.38. The van der Waals surface area contributed by atoms with E-state index in [9.17, 15) is 4.79 Å². The lowest BCUT2D eigenvalue weighted by atomic mass is 9.89. The van der Waals surface area contributed by atoms with E-state index in [0.717, 1.165) is 25.9 Å². The summed E-state index contributed by atoms with van der Waals surface area (Å²) >= 11 is 0. The van der Waals surface area contributed by atoms with Crippen molar-refractivity contribution in [3.8, 4) is 0 Å². The molecule has 1 rings (SSSR count). The van der Waals surface area contributed by atoms with Gasteiger partial charge >= 0.3 is 0 Å². The van der Waals surface area contributed by atoms with Gasteiger partial charge in [-0.1, -0.05) is 27.7 Å². The molecule has 0 bridgehead atoms. The van der Waals surface area contributed by atoms with E-state index < -0.39 is 0 Å². The summed E-state index contributed by atoms with van der Waals surface area (Å²) < 4.78 is 0. The topological polar surface area (TPSA) is 20.3 Å². The summed E-state index contributed by atoms with van der Waals surface area (Å²) in [6.45, 7) is 15.2. The van der Waals surface area contributed by atoms with Gasteiger partial charge in [-0.3, -0.25) is 9.69 Å². The third kappa shape index (κ3) is 3.80. The number of ketones is 1. The molecule has 0 aromatic rings. The van der Waals surface area contributed by atoms with Gasteiger partial charge in [-0.05, 0) is 32.6 Å². The summed E-state index contributed by atoms with van der Waals surface area (Å²) in [4.78, 5) is 14.7. The van der Waals surface area contributed by atoms with E-state index in [4.69, 9.17) is 0 Å². The molecule has 0 spiro atoms. The highest BCUT2D eigenvalue weighted by atomic mass is 16.1. The molecule has 1 aliphatic rings. The second kappa shape index (κ2) is 5.51. The molecule has 100 valence electrons. The average molecular weight is 239 g/mol. The Kier molecular flexibility index (Phi) is 4.77. The fourth-order valence-electron chi connectivity index (χ4n) is 2.76. The molecule has 1 aliphatic carbocycles. The molecular formula is C15H29NO. The van der Waals surface area contributed by atoms with Gasteiger partial charge in [-0.2, -0.15) is 0 Å². The van der Waals surface area contributed by atoms with Crippen molar-refractivity contribution < 1.29 is 4.79 Å². The van der Waals surface area contributed by atoms with Crippen LogP contribution in [0.2, 0.25) is 0 Å². The van der Waals surface area contributed by atoms with Gasteiger partial charge in [0.05, 0.1) is 0 Å². The molecule has 0 amide bonds. The van der Waals surface area contributed by atoms with Crippen molar-refractivity contribution in [3.05, 3.63) is 0 Å².